The molecule has 0 aliphatic rings. The molecule has 1 aromatic heterocycles. The lowest BCUT2D eigenvalue weighted by atomic mass is 10.1. The lowest BCUT2D eigenvalue weighted by Gasteiger charge is -2.18. The zero-order chi connectivity index (χ0) is 18.0. The maximum absolute atomic E-state index is 12.6. The summed E-state index contributed by atoms with van der Waals surface area (Å²) in [6.07, 6.45) is 0.768. The van der Waals surface area contributed by atoms with E-state index >= 15 is 0 Å². The number of rotatable bonds is 4. The number of nitrogens with zero attached hydrogens (tertiary/aromatic N) is 2. The number of hydrogen-bond acceptors (Lipinski definition) is 4. The van der Waals surface area contributed by atoms with Gasteiger partial charge >= 0.3 is 0 Å². The van der Waals surface area contributed by atoms with Crippen molar-refractivity contribution in [2.45, 2.75) is 19.9 Å². The number of carbonyl (C=O) groups excluding carboxylic acids is 1. The highest BCUT2D eigenvalue weighted by molar-refractivity contribution is 5.96. The molecular weight excluding hydrogens is 318 g/mol. The second-order valence-electron chi connectivity index (χ2n) is 5.90. The van der Waals surface area contributed by atoms with Crippen LogP contribution < -0.4 is 5.56 Å². The summed E-state index contributed by atoms with van der Waals surface area (Å²) in [6, 6.07) is 12.0. The minimum atomic E-state index is -0.330. The van der Waals surface area contributed by atoms with E-state index in [0.717, 1.165) is 12.0 Å². The average molecular weight is 337 g/mol. The van der Waals surface area contributed by atoms with Crippen LogP contribution in [0, 0.1) is 0 Å². The molecule has 0 spiro atoms. The molecule has 3 rings (SSSR count). The van der Waals surface area contributed by atoms with E-state index in [1.165, 1.54) is 11.0 Å². The van der Waals surface area contributed by atoms with Crippen molar-refractivity contribution in [1.82, 2.24) is 14.9 Å². The largest absolute Gasteiger partial charge is 0.507 e. The second-order valence-corrected chi connectivity index (χ2v) is 5.90. The van der Waals surface area contributed by atoms with Crippen LogP contribution >= 0.6 is 0 Å². The van der Waals surface area contributed by atoms with Crippen molar-refractivity contribution in [3.05, 3.63) is 69.8 Å². The van der Waals surface area contributed by atoms with E-state index in [9.17, 15) is 14.7 Å². The first-order valence-corrected chi connectivity index (χ1v) is 8.05. The van der Waals surface area contributed by atoms with Crippen molar-refractivity contribution in [3.63, 3.8) is 0 Å². The molecule has 6 heteroatoms. The first-order valence-electron chi connectivity index (χ1n) is 8.05. The highest BCUT2D eigenvalue weighted by Gasteiger charge is 2.17. The average Bonchev–Trinajstić information content (AvgIpc) is 2.61. The smallest absolute Gasteiger partial charge is 0.258 e. The molecule has 1 heterocycles. The molecule has 0 aliphatic carbocycles. The summed E-state index contributed by atoms with van der Waals surface area (Å²) in [5.74, 6) is 0.00306. The number of H-pyrrole nitrogens is 1. The van der Waals surface area contributed by atoms with E-state index in [0.29, 0.717) is 16.7 Å². The molecule has 0 bridgehead atoms. The Hall–Kier alpha value is -3.15. The van der Waals surface area contributed by atoms with E-state index in [1.54, 1.807) is 37.4 Å². The number of nitrogens with one attached hydrogen (secondary N) is 1. The van der Waals surface area contributed by atoms with E-state index in [2.05, 4.69) is 9.97 Å². The van der Waals surface area contributed by atoms with Crippen LogP contribution in [0.1, 0.15) is 28.7 Å². The fraction of sp³-hybridized carbons (Fsp3) is 0.211. The number of carbonyl (C=O) groups is 1. The predicted molar refractivity (Wildman–Crippen MR) is 95.6 cm³/mol. The number of aromatic hydroxyl groups is 1. The molecule has 2 N–H and O–H groups in total. The Labute approximate surface area is 144 Å². The third kappa shape index (κ3) is 3.38. The Morgan fingerprint density at radius 1 is 1.24 bits per heavy atom. The van der Waals surface area contributed by atoms with Gasteiger partial charge in [-0.2, -0.15) is 0 Å². The van der Waals surface area contributed by atoms with Crippen LogP contribution in [0.25, 0.3) is 10.9 Å². The molecule has 0 unspecified atom stereocenters. The molecule has 0 radical (unpaired) electrons. The molecule has 0 atom stereocenters. The molecule has 25 heavy (non-hydrogen) atoms. The monoisotopic (exact) mass is 337 g/mol. The summed E-state index contributed by atoms with van der Waals surface area (Å²) in [5.41, 5.74) is 1.55. The molecule has 128 valence electrons. The van der Waals surface area contributed by atoms with Gasteiger partial charge in [0.2, 0.25) is 0 Å². The number of aromatic amines is 1. The van der Waals surface area contributed by atoms with Gasteiger partial charge < -0.3 is 15.0 Å². The summed E-state index contributed by atoms with van der Waals surface area (Å²) in [5, 5.41) is 10.5. The Morgan fingerprint density at radius 3 is 2.76 bits per heavy atom. The van der Waals surface area contributed by atoms with Gasteiger partial charge in [-0.15, -0.1) is 0 Å². The van der Waals surface area contributed by atoms with Crippen LogP contribution in [-0.4, -0.2) is 32.9 Å². The molecule has 6 nitrogen and oxygen atoms in total. The first kappa shape index (κ1) is 16.7. The van der Waals surface area contributed by atoms with Gasteiger partial charge in [-0.25, -0.2) is 4.98 Å². The number of aromatic nitrogens is 2. The van der Waals surface area contributed by atoms with Gasteiger partial charge in [-0.3, -0.25) is 9.59 Å². The zero-order valence-corrected chi connectivity index (χ0v) is 14.1. The summed E-state index contributed by atoms with van der Waals surface area (Å²) in [6.45, 7) is 2.11. The van der Waals surface area contributed by atoms with E-state index < -0.39 is 0 Å². The maximum Gasteiger partial charge on any atom is 0.258 e. The quantitative estimate of drug-likeness (QED) is 0.766. The molecule has 0 saturated carbocycles. The van der Waals surface area contributed by atoms with Crippen LogP contribution in [0.4, 0.5) is 0 Å². The number of para-hydroxylation sites is 1. The first-order chi connectivity index (χ1) is 12.0. The molecule has 0 saturated heterocycles. The van der Waals surface area contributed by atoms with Crippen molar-refractivity contribution < 1.29 is 9.90 Å². The van der Waals surface area contributed by atoms with Crippen molar-refractivity contribution >= 4 is 16.8 Å². The van der Waals surface area contributed by atoms with Crippen LogP contribution in [0.3, 0.4) is 0 Å². The van der Waals surface area contributed by atoms with Crippen LogP contribution in [0.5, 0.6) is 5.75 Å². The van der Waals surface area contributed by atoms with E-state index in [1.807, 2.05) is 13.0 Å². The van der Waals surface area contributed by atoms with Gasteiger partial charge in [0, 0.05) is 7.05 Å². The number of fused-ring (bicyclic) bond motifs is 1. The van der Waals surface area contributed by atoms with Gasteiger partial charge in [-0.1, -0.05) is 25.1 Å². The standard InChI is InChI=1S/C19H19N3O3/c1-3-12-8-9-16(23)14(10-12)19(25)22(2)11-17-20-15-7-5-4-6-13(15)18(24)21-17/h4-10,23H,3,11H2,1-2H3,(H,20,21,24). The van der Waals surface area contributed by atoms with Crippen molar-refractivity contribution in [2.24, 2.45) is 0 Å². The SMILES string of the molecule is CCc1ccc(O)c(C(=O)N(C)Cc2nc3ccccc3c(=O)[nH]2)c1. The molecular formula is C19H19N3O3. The Balaban J connectivity index is 1.88. The van der Waals surface area contributed by atoms with Crippen LogP contribution in [0.2, 0.25) is 0 Å². The van der Waals surface area contributed by atoms with Gasteiger partial charge in [-0.05, 0) is 36.2 Å². The van der Waals surface area contributed by atoms with Crippen LogP contribution in [0.15, 0.2) is 47.3 Å². The highest BCUT2D eigenvalue weighted by Crippen LogP contribution is 2.21. The minimum absolute atomic E-state index is 0.0611. The van der Waals surface area contributed by atoms with Gasteiger partial charge in [0.1, 0.15) is 11.6 Å². The minimum Gasteiger partial charge on any atom is -0.507 e. The number of amides is 1. The maximum atomic E-state index is 12.6. The molecule has 2 aromatic carbocycles. The third-order valence-electron chi connectivity index (χ3n) is 4.10. The fourth-order valence-electron chi connectivity index (χ4n) is 2.69. The van der Waals surface area contributed by atoms with Crippen LogP contribution in [-0.2, 0) is 13.0 Å². The highest BCUT2D eigenvalue weighted by atomic mass is 16.3. The fourth-order valence-corrected chi connectivity index (χ4v) is 2.69. The van der Waals surface area contributed by atoms with Crippen molar-refractivity contribution in [1.29, 1.82) is 0 Å². The van der Waals surface area contributed by atoms with E-state index in [4.69, 9.17) is 0 Å². The summed E-state index contributed by atoms with van der Waals surface area (Å²) >= 11 is 0. The Kier molecular flexibility index (Phi) is 4.52. The topological polar surface area (TPSA) is 86.3 Å². The van der Waals surface area contributed by atoms with Gasteiger partial charge in [0.05, 0.1) is 23.0 Å². The molecule has 0 aliphatic heterocycles. The summed E-state index contributed by atoms with van der Waals surface area (Å²) in [7, 11) is 1.61. The Morgan fingerprint density at radius 2 is 2.00 bits per heavy atom. The second kappa shape index (κ2) is 6.76. The Bertz CT molecular complexity index is 995. The number of aryl methyl sites for hydroxylation is 1. The van der Waals surface area contributed by atoms with E-state index in [-0.39, 0.29) is 29.3 Å². The normalized spacial score (nSPS) is 10.8. The van der Waals surface area contributed by atoms with Gasteiger partial charge in [0.15, 0.2) is 0 Å². The molecule has 3 aromatic rings. The van der Waals surface area contributed by atoms with Gasteiger partial charge in [0.25, 0.3) is 11.5 Å². The molecule has 0 fully saturated rings. The number of phenolic OH excluding ortho intramolecular Hbond substituents is 1. The number of benzene rings is 2. The van der Waals surface area contributed by atoms with Crippen molar-refractivity contribution in [2.75, 3.05) is 7.05 Å². The lowest BCUT2D eigenvalue weighted by molar-refractivity contribution is 0.0778. The number of phenols is 1. The summed E-state index contributed by atoms with van der Waals surface area (Å²) in [4.78, 5) is 33.3. The predicted octanol–water partition coefficient (Wildman–Crippen LogP) is 2.46. The molecule has 1 amide bonds. The van der Waals surface area contributed by atoms with Crippen molar-refractivity contribution in [3.8, 4) is 5.75 Å². The number of hydrogen-bond donors (Lipinski definition) is 2. The zero-order valence-electron chi connectivity index (χ0n) is 14.1. The summed E-state index contributed by atoms with van der Waals surface area (Å²) < 4.78 is 0. The third-order valence-corrected chi connectivity index (χ3v) is 4.10. The lowest BCUT2D eigenvalue weighted by Crippen LogP contribution is -2.28.